The van der Waals surface area contributed by atoms with Gasteiger partial charge in [0.2, 0.25) is 0 Å². The number of aryl methyl sites for hydroxylation is 1. The van der Waals surface area contributed by atoms with Gasteiger partial charge in [-0.1, -0.05) is 43.3 Å². The lowest BCUT2D eigenvalue weighted by atomic mass is 9.91. The van der Waals surface area contributed by atoms with E-state index in [1.54, 1.807) is 24.3 Å². The Kier molecular flexibility index (Phi) is 5.03. The maximum atomic E-state index is 10.9. The number of aromatic hydroxyl groups is 1. The zero-order valence-electron chi connectivity index (χ0n) is 14.8. The van der Waals surface area contributed by atoms with E-state index in [0.717, 1.165) is 23.1 Å². The number of nitro groups is 1. The van der Waals surface area contributed by atoms with Crippen molar-refractivity contribution in [3.8, 4) is 16.9 Å². The highest BCUT2D eigenvalue weighted by molar-refractivity contribution is 5.69. The van der Waals surface area contributed by atoms with Crippen LogP contribution in [0.3, 0.4) is 0 Å². The van der Waals surface area contributed by atoms with Gasteiger partial charge in [-0.05, 0) is 65.3 Å². The number of hydrogen-bond acceptors (Lipinski definition) is 3. The van der Waals surface area contributed by atoms with Crippen molar-refractivity contribution in [3.05, 3.63) is 93.5 Å². The van der Waals surface area contributed by atoms with Crippen LogP contribution in [0, 0.1) is 17.0 Å². The van der Waals surface area contributed by atoms with E-state index >= 15 is 0 Å². The number of phenolic OH excluding ortho intramolecular Hbond substituents is 1. The van der Waals surface area contributed by atoms with E-state index < -0.39 is 0 Å². The minimum atomic E-state index is -0.370. The molecule has 132 valence electrons. The van der Waals surface area contributed by atoms with Crippen molar-refractivity contribution in [2.45, 2.75) is 26.2 Å². The van der Waals surface area contributed by atoms with Crippen LogP contribution in [0.2, 0.25) is 0 Å². The van der Waals surface area contributed by atoms with E-state index in [2.05, 4.69) is 31.2 Å². The second kappa shape index (κ2) is 7.40. The van der Waals surface area contributed by atoms with Crippen molar-refractivity contribution >= 4 is 5.69 Å². The fourth-order valence-corrected chi connectivity index (χ4v) is 3.18. The molecular weight excluding hydrogens is 326 g/mol. The van der Waals surface area contributed by atoms with Gasteiger partial charge in [-0.25, -0.2) is 0 Å². The van der Waals surface area contributed by atoms with E-state index in [4.69, 9.17) is 0 Å². The molecule has 1 unspecified atom stereocenters. The van der Waals surface area contributed by atoms with Gasteiger partial charge in [0.1, 0.15) is 5.75 Å². The lowest BCUT2D eigenvalue weighted by Crippen LogP contribution is -1.98. The fraction of sp³-hybridized carbons (Fsp3) is 0.182. The van der Waals surface area contributed by atoms with Crippen molar-refractivity contribution in [2.75, 3.05) is 0 Å². The molecule has 0 radical (unpaired) electrons. The van der Waals surface area contributed by atoms with E-state index in [1.807, 2.05) is 25.1 Å². The van der Waals surface area contributed by atoms with Crippen LogP contribution in [0.15, 0.2) is 66.7 Å². The second-order valence-corrected chi connectivity index (χ2v) is 6.65. The Balaban J connectivity index is 1.77. The van der Waals surface area contributed by atoms with Crippen molar-refractivity contribution in [1.29, 1.82) is 0 Å². The summed E-state index contributed by atoms with van der Waals surface area (Å²) in [5, 5.41) is 20.3. The first-order valence-corrected chi connectivity index (χ1v) is 8.57. The van der Waals surface area contributed by atoms with Gasteiger partial charge >= 0.3 is 0 Å². The lowest BCUT2D eigenvalue weighted by molar-refractivity contribution is -0.384. The van der Waals surface area contributed by atoms with Gasteiger partial charge in [-0.2, -0.15) is 0 Å². The van der Waals surface area contributed by atoms with Crippen LogP contribution in [-0.4, -0.2) is 10.0 Å². The molecule has 26 heavy (non-hydrogen) atoms. The molecule has 0 saturated heterocycles. The van der Waals surface area contributed by atoms with Crippen LogP contribution in [-0.2, 0) is 6.42 Å². The predicted octanol–water partition coefficient (Wildman–Crippen LogP) is 5.62. The second-order valence-electron chi connectivity index (χ2n) is 6.65. The smallest absolute Gasteiger partial charge is 0.269 e. The molecule has 3 aromatic carbocycles. The normalized spacial score (nSPS) is 11.9. The van der Waals surface area contributed by atoms with Crippen molar-refractivity contribution in [1.82, 2.24) is 0 Å². The van der Waals surface area contributed by atoms with Gasteiger partial charge in [0.25, 0.3) is 5.69 Å². The predicted molar refractivity (Wildman–Crippen MR) is 103 cm³/mol. The molecular formula is C22H21NO3. The highest BCUT2D eigenvalue weighted by Gasteiger charge is 2.11. The average Bonchev–Trinajstić information content (AvgIpc) is 2.63. The summed E-state index contributed by atoms with van der Waals surface area (Å²) in [5.74, 6) is 0.635. The third-order valence-corrected chi connectivity index (χ3v) is 4.69. The average molecular weight is 347 g/mol. The summed E-state index contributed by atoms with van der Waals surface area (Å²) >= 11 is 0. The molecule has 0 saturated carbocycles. The maximum Gasteiger partial charge on any atom is 0.269 e. The van der Waals surface area contributed by atoms with Crippen molar-refractivity contribution in [3.63, 3.8) is 0 Å². The molecule has 3 aromatic rings. The van der Waals surface area contributed by atoms with Crippen LogP contribution in [0.1, 0.15) is 29.5 Å². The molecule has 0 fully saturated rings. The van der Waals surface area contributed by atoms with Gasteiger partial charge in [-0.15, -0.1) is 0 Å². The van der Waals surface area contributed by atoms with Crippen LogP contribution >= 0.6 is 0 Å². The van der Waals surface area contributed by atoms with Crippen LogP contribution in [0.4, 0.5) is 5.69 Å². The van der Waals surface area contributed by atoms with E-state index in [1.165, 1.54) is 11.1 Å². The fourth-order valence-electron chi connectivity index (χ4n) is 3.18. The molecule has 0 aliphatic carbocycles. The lowest BCUT2D eigenvalue weighted by Gasteiger charge is -2.13. The molecule has 4 nitrogen and oxygen atoms in total. The van der Waals surface area contributed by atoms with Crippen LogP contribution in [0.25, 0.3) is 11.1 Å². The van der Waals surface area contributed by atoms with Crippen molar-refractivity contribution < 1.29 is 10.0 Å². The molecule has 4 heteroatoms. The summed E-state index contributed by atoms with van der Waals surface area (Å²) in [5.41, 5.74) is 5.49. The topological polar surface area (TPSA) is 63.4 Å². The maximum absolute atomic E-state index is 10.9. The first-order valence-electron chi connectivity index (χ1n) is 8.57. The first-order chi connectivity index (χ1) is 12.4. The number of benzene rings is 3. The largest absolute Gasteiger partial charge is 0.508 e. The summed E-state index contributed by atoms with van der Waals surface area (Å²) < 4.78 is 0. The number of non-ortho nitro benzene ring substituents is 1. The molecule has 0 aromatic heterocycles. The Hall–Kier alpha value is -3.14. The van der Waals surface area contributed by atoms with Gasteiger partial charge in [0.15, 0.2) is 0 Å². The summed E-state index contributed by atoms with van der Waals surface area (Å²) in [7, 11) is 0. The highest BCUT2D eigenvalue weighted by Crippen LogP contribution is 2.29. The Morgan fingerprint density at radius 2 is 1.65 bits per heavy atom. The molecule has 0 heterocycles. The third kappa shape index (κ3) is 3.91. The number of nitrogens with zero attached hydrogens (tertiary/aromatic N) is 1. The summed E-state index contributed by atoms with van der Waals surface area (Å²) in [6, 6.07) is 20.6. The molecule has 1 atom stereocenters. The van der Waals surface area contributed by atoms with E-state index in [0.29, 0.717) is 5.92 Å². The Labute approximate surface area is 152 Å². The van der Waals surface area contributed by atoms with Crippen LogP contribution in [0.5, 0.6) is 5.75 Å². The summed E-state index contributed by atoms with van der Waals surface area (Å²) in [6.07, 6.45) is 0.899. The number of rotatable bonds is 5. The molecule has 1 N–H and O–H groups in total. The molecule has 0 amide bonds. The Bertz CT molecular complexity index is 915. The van der Waals surface area contributed by atoms with Crippen LogP contribution < -0.4 is 0 Å². The monoisotopic (exact) mass is 347 g/mol. The minimum Gasteiger partial charge on any atom is -0.508 e. The Morgan fingerprint density at radius 1 is 1.00 bits per heavy atom. The summed E-state index contributed by atoms with van der Waals surface area (Å²) in [4.78, 5) is 10.5. The zero-order valence-corrected chi connectivity index (χ0v) is 14.8. The van der Waals surface area contributed by atoms with Crippen molar-refractivity contribution in [2.24, 2.45) is 0 Å². The first kappa shape index (κ1) is 17.7. The molecule has 3 rings (SSSR count). The van der Waals surface area contributed by atoms with Gasteiger partial charge in [-0.3, -0.25) is 10.1 Å². The Morgan fingerprint density at radius 3 is 2.23 bits per heavy atom. The quantitative estimate of drug-likeness (QED) is 0.481. The standard InChI is InChI=1S/C22H21NO3/c1-15(13-17-3-10-21(24)11-4-17)18-5-7-19(8-6-18)22-12-9-20(23(25)26)14-16(22)2/h3-12,14-15,24H,13H2,1-2H3. The minimum absolute atomic E-state index is 0.116. The van der Waals surface area contributed by atoms with Gasteiger partial charge in [0.05, 0.1) is 4.92 Å². The molecule has 0 aliphatic rings. The van der Waals surface area contributed by atoms with Gasteiger partial charge in [0, 0.05) is 12.1 Å². The van der Waals surface area contributed by atoms with Gasteiger partial charge < -0.3 is 5.11 Å². The molecule has 0 spiro atoms. The highest BCUT2D eigenvalue weighted by atomic mass is 16.6. The zero-order chi connectivity index (χ0) is 18.7. The molecule has 0 bridgehead atoms. The number of hydrogen-bond donors (Lipinski definition) is 1. The molecule has 0 aliphatic heterocycles. The number of nitro benzene ring substituents is 1. The number of phenols is 1. The SMILES string of the molecule is Cc1cc([N+](=O)[O-])ccc1-c1ccc(C(C)Cc2ccc(O)cc2)cc1. The van der Waals surface area contributed by atoms with E-state index in [-0.39, 0.29) is 16.4 Å². The van der Waals surface area contributed by atoms with E-state index in [9.17, 15) is 15.2 Å². The third-order valence-electron chi connectivity index (χ3n) is 4.69. The summed E-state index contributed by atoms with van der Waals surface area (Å²) in [6.45, 7) is 4.07.